The zero-order valence-corrected chi connectivity index (χ0v) is 17.2. The molecule has 30 heavy (non-hydrogen) atoms. The van der Waals surface area contributed by atoms with Crippen LogP contribution >= 0.6 is 0 Å². The number of nitrogens with two attached hydrogens (primary N) is 1. The van der Waals surface area contributed by atoms with Crippen molar-refractivity contribution in [2.24, 2.45) is 11.7 Å². The van der Waals surface area contributed by atoms with Gasteiger partial charge in [0, 0.05) is 24.7 Å². The Labute approximate surface area is 175 Å². The lowest BCUT2D eigenvalue weighted by molar-refractivity contribution is -0.142. The van der Waals surface area contributed by atoms with Gasteiger partial charge in [0.15, 0.2) is 0 Å². The number of rotatable bonds is 11. The van der Waals surface area contributed by atoms with Crippen molar-refractivity contribution in [2.75, 3.05) is 0 Å². The second kappa shape index (κ2) is 11.1. The first-order chi connectivity index (χ1) is 14.3. The van der Waals surface area contributed by atoms with Gasteiger partial charge in [-0.25, -0.2) is 9.78 Å². The van der Waals surface area contributed by atoms with E-state index in [1.807, 2.05) is 19.9 Å². The van der Waals surface area contributed by atoms with Crippen molar-refractivity contribution in [3.8, 4) is 0 Å². The molecule has 9 heteroatoms. The lowest BCUT2D eigenvalue weighted by Gasteiger charge is -2.26. The van der Waals surface area contributed by atoms with Gasteiger partial charge in [-0.05, 0) is 11.5 Å². The van der Waals surface area contributed by atoms with Crippen LogP contribution in [-0.4, -0.2) is 51.0 Å². The van der Waals surface area contributed by atoms with Gasteiger partial charge in [-0.3, -0.25) is 9.59 Å². The standard InChI is InChI=1S/C21H29N5O4/c1-3-13(2)18(26-19(27)16(22)10-15-11-23-12-24-15)20(28)25-17(21(29)30)9-14-7-5-4-6-8-14/h4-8,11-13,16-18H,3,9-10,22H2,1-2H3,(H,23,24)(H,25,28)(H,26,27)(H,29,30). The molecular formula is C21H29N5O4. The van der Waals surface area contributed by atoms with E-state index in [-0.39, 0.29) is 18.8 Å². The number of carboxylic acids is 1. The fourth-order valence-electron chi connectivity index (χ4n) is 3.00. The molecule has 4 atom stereocenters. The Morgan fingerprint density at radius 3 is 2.40 bits per heavy atom. The van der Waals surface area contributed by atoms with Crippen LogP contribution in [0.15, 0.2) is 42.9 Å². The molecule has 2 rings (SSSR count). The molecule has 0 bridgehead atoms. The molecule has 0 spiro atoms. The number of carboxylic acid groups (broad SMARTS) is 1. The third kappa shape index (κ3) is 6.70. The fourth-order valence-corrected chi connectivity index (χ4v) is 3.00. The maximum atomic E-state index is 12.9. The zero-order valence-electron chi connectivity index (χ0n) is 17.2. The SMILES string of the molecule is CCC(C)C(NC(=O)C(N)Cc1cnc[nH]1)C(=O)NC(Cc1ccccc1)C(=O)O. The number of hydrogen-bond acceptors (Lipinski definition) is 5. The Balaban J connectivity index is 2.05. The molecule has 162 valence electrons. The van der Waals surface area contributed by atoms with Crippen LogP contribution < -0.4 is 16.4 Å². The van der Waals surface area contributed by atoms with E-state index in [0.29, 0.717) is 12.1 Å². The van der Waals surface area contributed by atoms with Gasteiger partial charge in [0.05, 0.1) is 12.4 Å². The molecule has 4 unspecified atom stereocenters. The number of nitrogens with zero attached hydrogens (tertiary/aromatic N) is 1. The third-order valence-corrected chi connectivity index (χ3v) is 5.02. The molecular weight excluding hydrogens is 386 g/mol. The van der Waals surface area contributed by atoms with Crippen LogP contribution in [0.5, 0.6) is 0 Å². The van der Waals surface area contributed by atoms with Gasteiger partial charge in [-0.1, -0.05) is 50.6 Å². The summed E-state index contributed by atoms with van der Waals surface area (Å²) in [5.74, 6) is -2.38. The molecule has 0 aliphatic carbocycles. The zero-order chi connectivity index (χ0) is 22.1. The van der Waals surface area contributed by atoms with E-state index in [2.05, 4.69) is 20.6 Å². The van der Waals surface area contributed by atoms with Crippen molar-refractivity contribution in [1.29, 1.82) is 0 Å². The fraction of sp³-hybridized carbons (Fsp3) is 0.429. The van der Waals surface area contributed by atoms with Gasteiger partial charge in [0.25, 0.3) is 0 Å². The highest BCUT2D eigenvalue weighted by molar-refractivity contribution is 5.92. The van der Waals surface area contributed by atoms with Gasteiger partial charge in [0.2, 0.25) is 11.8 Å². The van der Waals surface area contributed by atoms with Crippen LogP contribution in [0.3, 0.4) is 0 Å². The van der Waals surface area contributed by atoms with Crippen molar-refractivity contribution in [2.45, 2.75) is 51.2 Å². The molecule has 0 saturated heterocycles. The van der Waals surface area contributed by atoms with Gasteiger partial charge < -0.3 is 26.5 Å². The summed E-state index contributed by atoms with van der Waals surface area (Å²) < 4.78 is 0. The molecule has 9 nitrogen and oxygen atoms in total. The van der Waals surface area contributed by atoms with Gasteiger partial charge in [-0.2, -0.15) is 0 Å². The summed E-state index contributed by atoms with van der Waals surface area (Å²) in [6.07, 6.45) is 4.07. The number of carbonyl (C=O) groups excluding carboxylic acids is 2. The third-order valence-electron chi connectivity index (χ3n) is 5.02. The van der Waals surface area contributed by atoms with E-state index in [1.165, 1.54) is 6.33 Å². The summed E-state index contributed by atoms with van der Waals surface area (Å²) >= 11 is 0. The summed E-state index contributed by atoms with van der Waals surface area (Å²) in [5.41, 5.74) is 7.46. The maximum absolute atomic E-state index is 12.9. The molecule has 0 aliphatic rings. The number of aliphatic carboxylic acids is 1. The number of aromatic nitrogens is 2. The van der Waals surface area contributed by atoms with Crippen LogP contribution in [0.2, 0.25) is 0 Å². The highest BCUT2D eigenvalue weighted by atomic mass is 16.4. The second-order valence-electron chi connectivity index (χ2n) is 7.35. The molecule has 1 aromatic heterocycles. The van der Waals surface area contributed by atoms with Gasteiger partial charge in [0.1, 0.15) is 12.1 Å². The highest BCUT2D eigenvalue weighted by Gasteiger charge is 2.31. The molecule has 1 aromatic carbocycles. The minimum atomic E-state index is -1.14. The number of nitrogens with one attached hydrogen (secondary N) is 3. The van der Waals surface area contributed by atoms with E-state index < -0.39 is 35.9 Å². The first kappa shape index (κ1) is 23.1. The topological polar surface area (TPSA) is 150 Å². The second-order valence-corrected chi connectivity index (χ2v) is 7.35. The summed E-state index contributed by atoms with van der Waals surface area (Å²) in [5, 5.41) is 14.8. The van der Waals surface area contributed by atoms with Gasteiger partial charge >= 0.3 is 5.97 Å². The van der Waals surface area contributed by atoms with E-state index in [9.17, 15) is 19.5 Å². The Bertz CT molecular complexity index is 825. The van der Waals surface area contributed by atoms with Gasteiger partial charge in [-0.15, -0.1) is 0 Å². The summed E-state index contributed by atoms with van der Waals surface area (Å²) in [7, 11) is 0. The molecule has 0 aliphatic heterocycles. The Morgan fingerprint density at radius 2 is 1.83 bits per heavy atom. The van der Waals surface area contributed by atoms with Crippen molar-refractivity contribution in [1.82, 2.24) is 20.6 Å². The van der Waals surface area contributed by atoms with E-state index in [1.54, 1.807) is 30.5 Å². The summed E-state index contributed by atoms with van der Waals surface area (Å²) in [6.45, 7) is 3.71. The highest BCUT2D eigenvalue weighted by Crippen LogP contribution is 2.11. The first-order valence-electron chi connectivity index (χ1n) is 9.92. The van der Waals surface area contributed by atoms with Crippen molar-refractivity contribution >= 4 is 17.8 Å². The lowest BCUT2D eigenvalue weighted by atomic mass is 9.96. The number of H-pyrrole nitrogens is 1. The molecule has 0 fully saturated rings. The molecule has 2 aromatic rings. The van der Waals surface area contributed by atoms with Crippen LogP contribution in [0.4, 0.5) is 0 Å². The summed E-state index contributed by atoms with van der Waals surface area (Å²) in [6, 6.07) is 6.16. The molecule has 0 saturated carbocycles. The molecule has 2 amide bonds. The number of hydrogen-bond donors (Lipinski definition) is 5. The predicted octanol–water partition coefficient (Wildman–Crippen LogP) is 0.623. The summed E-state index contributed by atoms with van der Waals surface area (Å²) in [4.78, 5) is 43.9. The van der Waals surface area contributed by atoms with Crippen molar-refractivity contribution in [3.05, 3.63) is 54.1 Å². The van der Waals surface area contributed by atoms with Crippen LogP contribution in [0, 0.1) is 5.92 Å². The maximum Gasteiger partial charge on any atom is 0.326 e. The average molecular weight is 415 g/mol. The van der Waals surface area contributed by atoms with Crippen molar-refractivity contribution in [3.63, 3.8) is 0 Å². The predicted molar refractivity (Wildman–Crippen MR) is 111 cm³/mol. The first-order valence-corrected chi connectivity index (χ1v) is 9.92. The monoisotopic (exact) mass is 415 g/mol. The quantitative estimate of drug-likeness (QED) is 0.363. The Hall–Kier alpha value is -3.20. The lowest BCUT2D eigenvalue weighted by Crippen LogP contribution is -2.57. The van der Waals surface area contributed by atoms with E-state index in [0.717, 1.165) is 5.56 Å². The minimum absolute atomic E-state index is 0.141. The normalized spacial score (nSPS) is 14.9. The minimum Gasteiger partial charge on any atom is -0.480 e. The molecule has 6 N–H and O–H groups in total. The average Bonchev–Trinajstić information content (AvgIpc) is 3.24. The van der Waals surface area contributed by atoms with Crippen LogP contribution in [0.25, 0.3) is 0 Å². The molecule has 1 heterocycles. The number of carbonyl (C=O) groups is 3. The number of imidazole rings is 1. The number of benzene rings is 1. The largest absolute Gasteiger partial charge is 0.480 e. The van der Waals surface area contributed by atoms with E-state index >= 15 is 0 Å². The Morgan fingerprint density at radius 1 is 1.13 bits per heavy atom. The molecule has 0 radical (unpaired) electrons. The van der Waals surface area contributed by atoms with Crippen LogP contribution in [-0.2, 0) is 27.2 Å². The smallest absolute Gasteiger partial charge is 0.326 e. The van der Waals surface area contributed by atoms with E-state index in [4.69, 9.17) is 5.73 Å². The van der Waals surface area contributed by atoms with Crippen molar-refractivity contribution < 1.29 is 19.5 Å². The Kier molecular flexibility index (Phi) is 8.54. The van der Waals surface area contributed by atoms with Crippen LogP contribution in [0.1, 0.15) is 31.5 Å². The number of amides is 2. The number of aromatic amines is 1.